The Hall–Kier alpha value is -5.94. The van der Waals surface area contributed by atoms with E-state index in [4.69, 9.17) is 0 Å². The molecule has 2 N–H and O–H groups in total. The Bertz CT molecular complexity index is 2400. The molecule has 2 aliphatic heterocycles. The lowest BCUT2D eigenvalue weighted by Crippen LogP contribution is -1.97. The summed E-state index contributed by atoms with van der Waals surface area (Å²) in [5.74, 6) is 0. The van der Waals surface area contributed by atoms with Crippen molar-refractivity contribution in [3.8, 4) is 0 Å². The number of aromatic amines is 2. The molecule has 0 unspecified atom stereocenters. The Kier molecular flexibility index (Phi) is 15.6. The van der Waals surface area contributed by atoms with E-state index < -0.39 is 0 Å². The van der Waals surface area contributed by atoms with E-state index in [9.17, 15) is 0 Å². The molecule has 8 bridgehead atoms. The fourth-order valence-corrected chi connectivity index (χ4v) is 8.04. The summed E-state index contributed by atoms with van der Waals surface area (Å²) in [5.41, 5.74) is 10.6. The molecule has 9 rings (SSSR count). The number of para-hydroxylation sites is 2. The van der Waals surface area contributed by atoms with Crippen LogP contribution in [0.15, 0.2) is 133 Å². The summed E-state index contributed by atoms with van der Waals surface area (Å²) in [4.78, 5) is 16.0. The van der Waals surface area contributed by atoms with Crippen LogP contribution in [0.25, 0.3) is 68.2 Å². The van der Waals surface area contributed by atoms with Gasteiger partial charge in [0.1, 0.15) is 0 Å². The van der Waals surface area contributed by atoms with E-state index in [1.54, 1.807) is 0 Å². The second-order valence-electron chi connectivity index (χ2n) is 15.8. The van der Waals surface area contributed by atoms with E-state index in [0.717, 1.165) is 51.4 Å². The van der Waals surface area contributed by atoms with Gasteiger partial charge in [0.15, 0.2) is 0 Å². The average Bonchev–Trinajstić information content (AvgIpc) is 4.13. The first-order valence-corrected chi connectivity index (χ1v) is 22.2. The van der Waals surface area contributed by atoms with Crippen LogP contribution in [0.4, 0.5) is 0 Å². The van der Waals surface area contributed by atoms with Gasteiger partial charge in [0.2, 0.25) is 0 Å². The summed E-state index contributed by atoms with van der Waals surface area (Å²) in [6.45, 7) is 3.44. The SMILES string of the molecule is C1=Cc2cc3ccc(cc4ccc(cc5nc(cc1n2)C=C5)[nH]4)[nH]3.CCCCCCCCCCCCCCCCn1c2ccccc2c2ccccc21.c1ccccc1. The van der Waals surface area contributed by atoms with Crippen molar-refractivity contribution in [2.24, 2.45) is 0 Å². The van der Waals surface area contributed by atoms with Gasteiger partial charge in [-0.05, 0) is 91.4 Å². The first kappa shape index (κ1) is 41.2. The molecular formula is C54H61N5. The van der Waals surface area contributed by atoms with Crippen molar-refractivity contribution < 1.29 is 0 Å². The van der Waals surface area contributed by atoms with Gasteiger partial charge in [-0.1, -0.05) is 163 Å². The maximum atomic E-state index is 4.62. The van der Waals surface area contributed by atoms with E-state index in [-0.39, 0.29) is 0 Å². The third kappa shape index (κ3) is 12.5. The number of rotatable bonds is 15. The number of nitrogens with one attached hydrogen (secondary N) is 2. The predicted octanol–water partition coefficient (Wildman–Crippen LogP) is 15.6. The van der Waals surface area contributed by atoms with Crippen molar-refractivity contribution >= 4 is 68.2 Å². The number of hydrogen-bond donors (Lipinski definition) is 2. The number of hydrogen-bond acceptors (Lipinski definition) is 2. The van der Waals surface area contributed by atoms with Crippen molar-refractivity contribution in [2.75, 3.05) is 0 Å². The number of nitrogens with zero attached hydrogens (tertiary/aromatic N) is 3. The molecule has 2 aliphatic rings. The molecule has 5 heteroatoms. The van der Waals surface area contributed by atoms with Crippen LogP contribution < -0.4 is 0 Å². The fraction of sp³-hybridized carbons (Fsp3) is 0.296. The third-order valence-electron chi connectivity index (χ3n) is 11.1. The first-order chi connectivity index (χ1) is 29.2. The highest BCUT2D eigenvalue weighted by Crippen LogP contribution is 2.29. The summed E-state index contributed by atoms with van der Waals surface area (Å²) in [5, 5.41) is 2.79. The van der Waals surface area contributed by atoms with Crippen molar-refractivity contribution in [1.29, 1.82) is 0 Å². The van der Waals surface area contributed by atoms with Gasteiger partial charge in [-0.15, -0.1) is 0 Å². The molecule has 0 amide bonds. The maximum absolute atomic E-state index is 4.62. The van der Waals surface area contributed by atoms with Crippen LogP contribution in [0.5, 0.6) is 0 Å². The smallest absolute Gasteiger partial charge is 0.0659 e. The Labute approximate surface area is 351 Å². The molecule has 0 saturated heterocycles. The lowest BCUT2D eigenvalue weighted by Gasteiger charge is -2.07. The molecule has 0 fully saturated rings. The zero-order valence-electron chi connectivity index (χ0n) is 35.0. The van der Waals surface area contributed by atoms with Crippen LogP contribution in [0.1, 0.15) is 120 Å². The molecule has 6 heterocycles. The summed E-state index contributed by atoms with van der Waals surface area (Å²) in [6, 6.07) is 46.1. The monoisotopic (exact) mass is 779 g/mol. The van der Waals surface area contributed by atoms with Gasteiger partial charge < -0.3 is 14.5 Å². The highest BCUT2D eigenvalue weighted by molar-refractivity contribution is 6.07. The van der Waals surface area contributed by atoms with Gasteiger partial charge in [-0.25, -0.2) is 9.97 Å². The van der Waals surface area contributed by atoms with Gasteiger partial charge in [-0.2, -0.15) is 0 Å². The molecule has 0 radical (unpaired) electrons. The molecule has 0 spiro atoms. The molecule has 0 atom stereocenters. The fourth-order valence-electron chi connectivity index (χ4n) is 8.04. The van der Waals surface area contributed by atoms with Crippen molar-refractivity contribution in [3.05, 3.63) is 156 Å². The molecule has 59 heavy (non-hydrogen) atoms. The van der Waals surface area contributed by atoms with Crippen LogP contribution in [-0.4, -0.2) is 24.5 Å². The summed E-state index contributed by atoms with van der Waals surface area (Å²) in [6.07, 6.45) is 27.9. The predicted molar refractivity (Wildman–Crippen MR) is 255 cm³/mol. The van der Waals surface area contributed by atoms with Crippen molar-refractivity contribution in [2.45, 2.75) is 103 Å². The normalized spacial score (nSPS) is 11.7. The van der Waals surface area contributed by atoms with Crippen molar-refractivity contribution in [3.63, 3.8) is 0 Å². The molecule has 302 valence electrons. The summed E-state index contributed by atoms with van der Waals surface area (Å²) < 4.78 is 2.53. The topological polar surface area (TPSA) is 62.3 Å². The van der Waals surface area contributed by atoms with E-state index in [1.165, 1.54) is 112 Å². The number of unbranched alkanes of at least 4 members (excludes halogenated alkanes) is 13. The van der Waals surface area contributed by atoms with Crippen LogP contribution in [0.2, 0.25) is 0 Å². The van der Waals surface area contributed by atoms with Crippen molar-refractivity contribution in [1.82, 2.24) is 24.5 Å². The van der Waals surface area contributed by atoms with Crippen LogP contribution >= 0.6 is 0 Å². The van der Waals surface area contributed by atoms with Gasteiger partial charge in [0, 0.05) is 50.4 Å². The zero-order valence-corrected chi connectivity index (χ0v) is 35.0. The Morgan fingerprint density at radius 1 is 0.373 bits per heavy atom. The highest BCUT2D eigenvalue weighted by Gasteiger charge is 2.09. The van der Waals surface area contributed by atoms with Gasteiger partial charge >= 0.3 is 0 Å². The molecule has 4 aromatic heterocycles. The molecule has 3 aromatic carbocycles. The Morgan fingerprint density at radius 2 is 0.729 bits per heavy atom. The van der Waals surface area contributed by atoms with E-state index in [1.807, 2.05) is 78.9 Å². The number of aryl methyl sites for hydroxylation is 1. The second-order valence-corrected chi connectivity index (χ2v) is 15.8. The van der Waals surface area contributed by atoms with E-state index >= 15 is 0 Å². The Morgan fingerprint density at radius 3 is 1.15 bits per heavy atom. The highest BCUT2D eigenvalue weighted by atomic mass is 15.0. The van der Waals surface area contributed by atoms with Crippen LogP contribution in [0.3, 0.4) is 0 Å². The average molecular weight is 780 g/mol. The second kappa shape index (κ2) is 22.3. The van der Waals surface area contributed by atoms with E-state index in [0.29, 0.717) is 0 Å². The number of benzene rings is 3. The quantitative estimate of drug-likeness (QED) is 0.102. The van der Waals surface area contributed by atoms with Crippen LogP contribution in [0, 0.1) is 0 Å². The molecule has 5 nitrogen and oxygen atoms in total. The molecule has 0 saturated carbocycles. The molecule has 0 aliphatic carbocycles. The minimum atomic E-state index is 0.915. The maximum Gasteiger partial charge on any atom is 0.0659 e. The minimum Gasteiger partial charge on any atom is -0.355 e. The Balaban J connectivity index is 0.000000158. The van der Waals surface area contributed by atoms with Crippen LogP contribution in [-0.2, 0) is 6.54 Å². The number of H-pyrrole nitrogens is 2. The molecule has 7 aromatic rings. The zero-order chi connectivity index (χ0) is 40.3. The lowest BCUT2D eigenvalue weighted by atomic mass is 10.0. The third-order valence-corrected chi connectivity index (χ3v) is 11.1. The number of aromatic nitrogens is 5. The van der Waals surface area contributed by atoms with Gasteiger partial charge in [0.05, 0.1) is 22.8 Å². The van der Waals surface area contributed by atoms with Gasteiger partial charge in [-0.3, -0.25) is 0 Å². The lowest BCUT2D eigenvalue weighted by molar-refractivity contribution is 0.528. The molecular weight excluding hydrogens is 719 g/mol. The first-order valence-electron chi connectivity index (χ1n) is 22.2. The number of fused-ring (bicyclic) bond motifs is 11. The van der Waals surface area contributed by atoms with Gasteiger partial charge in [0.25, 0.3) is 0 Å². The van der Waals surface area contributed by atoms with E-state index in [2.05, 4.69) is 110 Å². The summed E-state index contributed by atoms with van der Waals surface area (Å²) in [7, 11) is 0. The largest absolute Gasteiger partial charge is 0.355 e. The standard InChI is InChI=1S/C28H41N.C20H14N4.C6H6/c1-2-3-4-5-6-7-8-9-10-11-12-13-14-19-24-29-27-22-17-15-20-25(27)26-21-16-18-23-28(26)29;1-2-14-10-16-5-6-18(23-16)12-20-8-7-19(24-20)11-17-4-3-15(22-17)9-13(1)21-14;1-2-4-6-5-3-1/h15-18,20-23H,2-14,19,24H2,1H3;1-12,21-22H;1-6H. The minimum absolute atomic E-state index is 0.915. The summed E-state index contributed by atoms with van der Waals surface area (Å²) >= 11 is 0.